The molecule has 0 aromatic heterocycles. The van der Waals surface area contributed by atoms with Crippen molar-refractivity contribution in [3.63, 3.8) is 0 Å². The highest BCUT2D eigenvalue weighted by molar-refractivity contribution is 7.89. The molecule has 2 rings (SSSR count). The maximum atomic E-state index is 12.1. The monoisotopic (exact) mass is 349 g/mol. The van der Waals surface area contributed by atoms with Crippen LogP contribution in [-0.2, 0) is 23.0 Å². The number of nitrogens with one attached hydrogen (secondary N) is 1. The van der Waals surface area contributed by atoms with Crippen molar-refractivity contribution in [1.82, 2.24) is 4.72 Å². The Labute approximate surface area is 143 Å². The second kappa shape index (κ2) is 8.70. The molecule has 0 bridgehead atoms. The van der Waals surface area contributed by atoms with E-state index in [0.29, 0.717) is 11.5 Å². The maximum absolute atomic E-state index is 12.1. The third kappa shape index (κ3) is 5.54. The lowest BCUT2D eigenvalue weighted by atomic mass is 10.2. The van der Waals surface area contributed by atoms with Crippen LogP contribution in [0.2, 0.25) is 0 Å². The highest BCUT2D eigenvalue weighted by Crippen LogP contribution is 2.17. The summed E-state index contributed by atoms with van der Waals surface area (Å²) in [5, 5.41) is 0. The van der Waals surface area contributed by atoms with Gasteiger partial charge in [0.1, 0.15) is 18.1 Å². The van der Waals surface area contributed by atoms with E-state index in [2.05, 4.69) is 11.6 Å². The van der Waals surface area contributed by atoms with Crippen LogP contribution < -0.4 is 14.2 Å². The van der Waals surface area contributed by atoms with E-state index in [-0.39, 0.29) is 18.9 Å². The normalized spacial score (nSPS) is 11.2. The summed E-state index contributed by atoms with van der Waals surface area (Å²) >= 11 is 0. The summed E-state index contributed by atoms with van der Waals surface area (Å²) < 4.78 is 37.4. The number of para-hydroxylation sites is 1. The topological polar surface area (TPSA) is 64.6 Å². The number of rotatable bonds is 9. The number of benzene rings is 2. The second-order valence-electron chi connectivity index (χ2n) is 5.30. The van der Waals surface area contributed by atoms with Crippen LogP contribution in [-0.4, -0.2) is 27.9 Å². The molecule has 6 heteroatoms. The molecule has 5 nitrogen and oxygen atoms in total. The highest BCUT2D eigenvalue weighted by Gasteiger charge is 2.12. The van der Waals surface area contributed by atoms with E-state index in [4.69, 9.17) is 9.47 Å². The first-order valence-corrected chi connectivity index (χ1v) is 9.50. The summed E-state index contributed by atoms with van der Waals surface area (Å²) in [6, 6.07) is 15.0. The second-order valence-corrected chi connectivity index (χ2v) is 7.22. The zero-order chi connectivity index (χ0) is 17.4. The van der Waals surface area contributed by atoms with Gasteiger partial charge in [0.2, 0.25) is 10.0 Å². The summed E-state index contributed by atoms with van der Waals surface area (Å²) in [5.74, 6) is 1.23. The predicted octanol–water partition coefficient (Wildman–Crippen LogP) is 2.76. The fourth-order valence-electron chi connectivity index (χ4n) is 2.20. The highest BCUT2D eigenvalue weighted by atomic mass is 32.2. The van der Waals surface area contributed by atoms with Gasteiger partial charge >= 0.3 is 0 Å². The van der Waals surface area contributed by atoms with Crippen molar-refractivity contribution in [1.29, 1.82) is 0 Å². The van der Waals surface area contributed by atoms with Gasteiger partial charge in [0.05, 0.1) is 12.9 Å². The van der Waals surface area contributed by atoms with Gasteiger partial charge in [-0.3, -0.25) is 0 Å². The van der Waals surface area contributed by atoms with Crippen molar-refractivity contribution in [2.24, 2.45) is 0 Å². The van der Waals surface area contributed by atoms with Crippen molar-refractivity contribution in [2.45, 2.75) is 19.9 Å². The molecule has 0 radical (unpaired) electrons. The lowest BCUT2D eigenvalue weighted by Gasteiger charge is -2.11. The Kier molecular flexibility index (Phi) is 6.63. The van der Waals surface area contributed by atoms with Crippen LogP contribution in [0.1, 0.15) is 18.1 Å². The van der Waals surface area contributed by atoms with E-state index >= 15 is 0 Å². The van der Waals surface area contributed by atoms with Crippen molar-refractivity contribution >= 4 is 10.0 Å². The fourth-order valence-corrected chi connectivity index (χ4v) is 3.02. The van der Waals surface area contributed by atoms with Crippen LogP contribution in [0.15, 0.2) is 48.5 Å². The summed E-state index contributed by atoms with van der Waals surface area (Å²) in [6.45, 7) is 2.38. The van der Waals surface area contributed by atoms with Crippen molar-refractivity contribution in [2.75, 3.05) is 19.5 Å². The Balaban J connectivity index is 1.82. The molecule has 1 N–H and O–H groups in total. The van der Waals surface area contributed by atoms with Gasteiger partial charge in [0.25, 0.3) is 0 Å². The number of aryl methyl sites for hydroxylation is 1. The Hall–Kier alpha value is -2.05. The predicted molar refractivity (Wildman–Crippen MR) is 94.9 cm³/mol. The minimum absolute atomic E-state index is 0.0995. The van der Waals surface area contributed by atoms with E-state index in [0.717, 1.165) is 12.0 Å². The van der Waals surface area contributed by atoms with Crippen LogP contribution in [0.5, 0.6) is 11.5 Å². The Bertz CT molecular complexity index is 742. The zero-order valence-corrected chi connectivity index (χ0v) is 14.8. The molecule has 2 aromatic carbocycles. The quantitative estimate of drug-likeness (QED) is 0.756. The van der Waals surface area contributed by atoms with Crippen molar-refractivity contribution in [3.8, 4) is 11.5 Å². The molecule has 0 spiro atoms. The maximum Gasteiger partial charge on any atom is 0.215 e. The first-order valence-electron chi connectivity index (χ1n) is 7.85. The molecule has 0 aliphatic heterocycles. The van der Waals surface area contributed by atoms with Crippen LogP contribution in [0.4, 0.5) is 0 Å². The summed E-state index contributed by atoms with van der Waals surface area (Å²) in [6.07, 6.45) is 0.960. The van der Waals surface area contributed by atoms with Gasteiger partial charge in [0, 0.05) is 12.1 Å². The van der Waals surface area contributed by atoms with Crippen LogP contribution in [0.3, 0.4) is 0 Å². The largest absolute Gasteiger partial charge is 0.496 e. The average Bonchev–Trinajstić information content (AvgIpc) is 2.61. The third-order valence-electron chi connectivity index (χ3n) is 3.63. The third-order valence-corrected chi connectivity index (χ3v) is 4.92. The van der Waals surface area contributed by atoms with E-state index in [1.165, 1.54) is 5.56 Å². The lowest BCUT2D eigenvalue weighted by Crippen LogP contribution is -2.28. The molecule has 0 heterocycles. The van der Waals surface area contributed by atoms with E-state index in [9.17, 15) is 8.42 Å². The van der Waals surface area contributed by atoms with Gasteiger partial charge in [-0.25, -0.2) is 13.1 Å². The van der Waals surface area contributed by atoms with E-state index in [1.54, 1.807) is 13.2 Å². The Morgan fingerprint density at radius 3 is 2.42 bits per heavy atom. The Morgan fingerprint density at radius 2 is 1.75 bits per heavy atom. The molecule has 0 unspecified atom stereocenters. The molecule has 24 heavy (non-hydrogen) atoms. The number of hydrogen-bond donors (Lipinski definition) is 1. The Morgan fingerprint density at radius 1 is 1.04 bits per heavy atom. The molecule has 0 saturated carbocycles. The lowest BCUT2D eigenvalue weighted by molar-refractivity contribution is 0.340. The SMILES string of the molecule is CCc1ccc(OCCS(=O)(=O)NCc2ccccc2OC)cc1. The number of methoxy groups -OCH3 is 1. The molecule has 2 aromatic rings. The molecule has 0 amide bonds. The van der Waals surface area contributed by atoms with Gasteiger partial charge in [-0.15, -0.1) is 0 Å². The average molecular weight is 349 g/mol. The van der Waals surface area contributed by atoms with Crippen molar-refractivity contribution < 1.29 is 17.9 Å². The molecule has 130 valence electrons. The zero-order valence-electron chi connectivity index (χ0n) is 14.0. The van der Waals surface area contributed by atoms with Gasteiger partial charge in [-0.05, 0) is 30.2 Å². The molecular weight excluding hydrogens is 326 g/mol. The first-order chi connectivity index (χ1) is 11.5. The van der Waals surface area contributed by atoms with E-state index < -0.39 is 10.0 Å². The minimum Gasteiger partial charge on any atom is -0.496 e. The van der Waals surface area contributed by atoms with Crippen LogP contribution >= 0.6 is 0 Å². The van der Waals surface area contributed by atoms with Gasteiger partial charge in [0.15, 0.2) is 0 Å². The fraction of sp³-hybridized carbons (Fsp3) is 0.333. The first kappa shape index (κ1) is 18.3. The summed E-state index contributed by atoms with van der Waals surface area (Å²) in [4.78, 5) is 0. The van der Waals surface area contributed by atoms with Gasteiger partial charge in [-0.1, -0.05) is 37.3 Å². The molecular formula is C18H23NO4S. The van der Waals surface area contributed by atoms with Gasteiger partial charge < -0.3 is 9.47 Å². The molecule has 0 aliphatic rings. The summed E-state index contributed by atoms with van der Waals surface area (Å²) in [7, 11) is -1.86. The molecule has 0 atom stereocenters. The smallest absolute Gasteiger partial charge is 0.215 e. The van der Waals surface area contributed by atoms with E-state index in [1.807, 2.05) is 42.5 Å². The summed E-state index contributed by atoms with van der Waals surface area (Å²) in [5.41, 5.74) is 2.01. The van der Waals surface area contributed by atoms with Crippen molar-refractivity contribution in [3.05, 3.63) is 59.7 Å². The molecule has 0 fully saturated rings. The van der Waals surface area contributed by atoms with Crippen LogP contribution in [0, 0.1) is 0 Å². The number of sulfonamides is 1. The molecule has 0 aliphatic carbocycles. The molecule has 0 saturated heterocycles. The number of ether oxygens (including phenoxy) is 2. The number of hydrogen-bond acceptors (Lipinski definition) is 4. The van der Waals surface area contributed by atoms with Gasteiger partial charge in [-0.2, -0.15) is 0 Å². The van der Waals surface area contributed by atoms with Crippen LogP contribution in [0.25, 0.3) is 0 Å². The minimum atomic E-state index is -3.42. The standard InChI is InChI=1S/C18H23NO4S/c1-3-15-8-10-17(11-9-15)23-12-13-24(20,21)19-14-16-6-4-5-7-18(16)22-2/h4-11,19H,3,12-14H2,1-2H3.